The van der Waals surface area contributed by atoms with Crippen LogP contribution in [-0.4, -0.2) is 55.9 Å². The number of nitrogens with zero attached hydrogens (tertiary/aromatic N) is 1. The molecule has 118 valence electrons. The van der Waals surface area contributed by atoms with Crippen LogP contribution in [0.4, 0.5) is 0 Å². The van der Waals surface area contributed by atoms with Gasteiger partial charge < -0.3 is 14.6 Å². The maximum Gasteiger partial charge on any atom is 0.317 e. The first-order valence-electron chi connectivity index (χ1n) is 7.16. The summed E-state index contributed by atoms with van der Waals surface area (Å²) in [7, 11) is 1.61. The zero-order valence-electron chi connectivity index (χ0n) is 13.1. The fraction of sp³-hybridized carbons (Fsp3) is 0.562. The van der Waals surface area contributed by atoms with Gasteiger partial charge in [0.15, 0.2) is 0 Å². The third-order valence-electron chi connectivity index (χ3n) is 3.34. The molecule has 0 saturated heterocycles. The van der Waals surface area contributed by atoms with Crippen LogP contribution < -0.4 is 4.74 Å². The smallest absolute Gasteiger partial charge is 0.317 e. The van der Waals surface area contributed by atoms with Crippen molar-refractivity contribution in [2.24, 2.45) is 0 Å². The van der Waals surface area contributed by atoms with Gasteiger partial charge in [0, 0.05) is 20.2 Å². The number of aliphatic carboxylic acids is 1. The number of carboxylic acids is 1. The van der Waals surface area contributed by atoms with Crippen molar-refractivity contribution in [1.29, 1.82) is 0 Å². The van der Waals surface area contributed by atoms with Gasteiger partial charge in [0.05, 0.1) is 19.8 Å². The number of methoxy groups -OCH3 is 1. The van der Waals surface area contributed by atoms with Gasteiger partial charge in [0.1, 0.15) is 5.75 Å². The van der Waals surface area contributed by atoms with E-state index in [1.807, 2.05) is 23.1 Å². The van der Waals surface area contributed by atoms with Crippen LogP contribution in [0.15, 0.2) is 18.2 Å². The highest BCUT2D eigenvalue weighted by atomic mass is 16.5. The Morgan fingerprint density at radius 3 is 2.57 bits per heavy atom. The number of rotatable bonds is 10. The van der Waals surface area contributed by atoms with E-state index in [0.717, 1.165) is 12.2 Å². The highest BCUT2D eigenvalue weighted by molar-refractivity contribution is 5.69. The number of benzene rings is 1. The number of carbonyl (C=O) groups is 1. The van der Waals surface area contributed by atoms with Gasteiger partial charge in [-0.15, -0.1) is 0 Å². The van der Waals surface area contributed by atoms with Gasteiger partial charge in [-0.05, 0) is 43.5 Å². The average Bonchev–Trinajstić information content (AvgIpc) is 2.43. The summed E-state index contributed by atoms with van der Waals surface area (Å²) in [5, 5.41) is 8.86. The molecule has 1 rings (SSSR count). The van der Waals surface area contributed by atoms with Crippen LogP contribution in [0.2, 0.25) is 0 Å². The molecule has 1 aromatic carbocycles. The minimum Gasteiger partial charge on any atom is -0.494 e. The summed E-state index contributed by atoms with van der Waals surface area (Å²) in [6.07, 6.45) is 0.782. The van der Waals surface area contributed by atoms with E-state index in [-0.39, 0.29) is 6.54 Å². The first-order valence-corrected chi connectivity index (χ1v) is 7.16. The molecule has 1 aromatic rings. The van der Waals surface area contributed by atoms with Crippen molar-refractivity contribution in [3.8, 4) is 5.75 Å². The predicted molar refractivity (Wildman–Crippen MR) is 82.0 cm³/mol. The Labute approximate surface area is 126 Å². The van der Waals surface area contributed by atoms with Crippen molar-refractivity contribution in [1.82, 2.24) is 4.90 Å². The van der Waals surface area contributed by atoms with Crippen LogP contribution in [0.5, 0.6) is 5.75 Å². The fourth-order valence-electron chi connectivity index (χ4n) is 1.96. The molecular formula is C16H25NO4. The van der Waals surface area contributed by atoms with Gasteiger partial charge in [0.2, 0.25) is 0 Å². The van der Waals surface area contributed by atoms with Crippen molar-refractivity contribution in [2.45, 2.75) is 20.3 Å². The first-order chi connectivity index (χ1) is 10.0. The largest absolute Gasteiger partial charge is 0.494 e. The van der Waals surface area contributed by atoms with E-state index >= 15 is 0 Å². The first kappa shape index (κ1) is 17.5. The molecule has 5 heteroatoms. The summed E-state index contributed by atoms with van der Waals surface area (Å²) in [5.41, 5.74) is 2.45. The lowest BCUT2D eigenvalue weighted by Crippen LogP contribution is -2.34. The molecule has 0 aliphatic heterocycles. The molecule has 0 amide bonds. The molecule has 5 nitrogen and oxygen atoms in total. The van der Waals surface area contributed by atoms with Crippen molar-refractivity contribution in [3.63, 3.8) is 0 Å². The monoisotopic (exact) mass is 295 g/mol. The number of carboxylic acid groups (broad SMARTS) is 1. The second kappa shape index (κ2) is 9.37. The van der Waals surface area contributed by atoms with E-state index in [1.165, 1.54) is 11.1 Å². The van der Waals surface area contributed by atoms with Gasteiger partial charge in [-0.25, -0.2) is 0 Å². The number of ether oxygens (including phenoxy) is 2. The third-order valence-corrected chi connectivity index (χ3v) is 3.34. The molecular weight excluding hydrogens is 270 g/mol. The summed E-state index contributed by atoms with van der Waals surface area (Å²) in [6.45, 7) is 6.57. The quantitative estimate of drug-likeness (QED) is 0.670. The van der Waals surface area contributed by atoms with E-state index < -0.39 is 5.97 Å². The summed E-state index contributed by atoms with van der Waals surface area (Å²) in [4.78, 5) is 12.6. The summed E-state index contributed by atoms with van der Waals surface area (Å²) in [6, 6.07) is 6.03. The molecule has 0 aliphatic carbocycles. The van der Waals surface area contributed by atoms with Gasteiger partial charge in [0.25, 0.3) is 0 Å². The lowest BCUT2D eigenvalue weighted by Gasteiger charge is -2.19. The maximum absolute atomic E-state index is 10.8. The lowest BCUT2D eigenvalue weighted by atomic mass is 10.1. The molecule has 0 saturated carbocycles. The SMILES string of the molecule is COCCN(CCCOc1ccc(C)c(C)c1)CC(=O)O. The Kier molecular flexibility index (Phi) is 7.79. The molecule has 0 bridgehead atoms. The molecule has 0 heterocycles. The van der Waals surface area contributed by atoms with Crippen LogP contribution in [-0.2, 0) is 9.53 Å². The molecule has 0 fully saturated rings. The van der Waals surface area contributed by atoms with Gasteiger partial charge in [-0.1, -0.05) is 6.07 Å². The van der Waals surface area contributed by atoms with Crippen LogP contribution in [0.3, 0.4) is 0 Å². The van der Waals surface area contributed by atoms with E-state index in [0.29, 0.717) is 26.3 Å². The minimum atomic E-state index is -0.818. The van der Waals surface area contributed by atoms with Crippen LogP contribution >= 0.6 is 0 Å². The van der Waals surface area contributed by atoms with Gasteiger partial charge >= 0.3 is 5.97 Å². The van der Waals surface area contributed by atoms with E-state index in [2.05, 4.69) is 13.8 Å². The van der Waals surface area contributed by atoms with E-state index in [9.17, 15) is 4.79 Å². The topological polar surface area (TPSA) is 59.0 Å². The second-order valence-corrected chi connectivity index (χ2v) is 5.11. The predicted octanol–water partition coefficient (Wildman–Crippen LogP) is 2.11. The van der Waals surface area contributed by atoms with Crippen molar-refractivity contribution < 1.29 is 19.4 Å². The third kappa shape index (κ3) is 7.11. The van der Waals surface area contributed by atoms with Crippen LogP contribution in [0.25, 0.3) is 0 Å². The van der Waals surface area contributed by atoms with Crippen LogP contribution in [0, 0.1) is 13.8 Å². The Morgan fingerprint density at radius 2 is 1.95 bits per heavy atom. The molecule has 0 aliphatic rings. The maximum atomic E-state index is 10.8. The summed E-state index contributed by atoms with van der Waals surface area (Å²) in [5.74, 6) is 0.0426. The summed E-state index contributed by atoms with van der Waals surface area (Å²) >= 11 is 0. The number of hydrogen-bond donors (Lipinski definition) is 1. The van der Waals surface area contributed by atoms with E-state index in [4.69, 9.17) is 14.6 Å². The summed E-state index contributed by atoms with van der Waals surface area (Å²) < 4.78 is 10.7. The van der Waals surface area contributed by atoms with Crippen LogP contribution in [0.1, 0.15) is 17.5 Å². The van der Waals surface area contributed by atoms with Crippen molar-refractivity contribution in [3.05, 3.63) is 29.3 Å². The molecule has 1 N–H and O–H groups in total. The molecule has 0 atom stereocenters. The average molecular weight is 295 g/mol. The number of aryl methyl sites for hydroxylation is 2. The Bertz CT molecular complexity index is 448. The highest BCUT2D eigenvalue weighted by Crippen LogP contribution is 2.16. The number of hydrogen-bond acceptors (Lipinski definition) is 4. The van der Waals surface area contributed by atoms with Crippen molar-refractivity contribution in [2.75, 3.05) is 40.0 Å². The lowest BCUT2D eigenvalue weighted by molar-refractivity contribution is -0.138. The molecule has 0 radical (unpaired) electrons. The van der Waals surface area contributed by atoms with E-state index in [1.54, 1.807) is 7.11 Å². The Hall–Kier alpha value is -1.59. The van der Waals surface area contributed by atoms with Gasteiger partial charge in [-0.3, -0.25) is 9.69 Å². The van der Waals surface area contributed by atoms with Crippen molar-refractivity contribution >= 4 is 5.97 Å². The zero-order chi connectivity index (χ0) is 15.7. The molecule has 0 unspecified atom stereocenters. The Balaban J connectivity index is 2.32. The zero-order valence-corrected chi connectivity index (χ0v) is 13.1. The Morgan fingerprint density at radius 1 is 1.19 bits per heavy atom. The molecule has 21 heavy (non-hydrogen) atoms. The second-order valence-electron chi connectivity index (χ2n) is 5.11. The fourth-order valence-corrected chi connectivity index (χ4v) is 1.96. The van der Waals surface area contributed by atoms with Gasteiger partial charge in [-0.2, -0.15) is 0 Å². The molecule has 0 spiro atoms. The minimum absolute atomic E-state index is 0.0347. The normalized spacial score (nSPS) is 10.9. The standard InChI is InChI=1S/C16H25NO4/c1-13-5-6-15(11-14(13)2)21-9-4-7-17(8-10-20-3)12-16(18)19/h5-6,11H,4,7-10,12H2,1-3H3,(H,18,19). The highest BCUT2D eigenvalue weighted by Gasteiger charge is 2.09. The molecule has 0 aromatic heterocycles.